The number of aliphatic hydroxyl groups is 1. The zero-order valence-electron chi connectivity index (χ0n) is 7.84. The third kappa shape index (κ3) is 6.12. The van der Waals surface area contributed by atoms with Crippen molar-refractivity contribution in [3.63, 3.8) is 0 Å². The van der Waals surface area contributed by atoms with Gasteiger partial charge in [-0.1, -0.05) is 0 Å². The van der Waals surface area contributed by atoms with E-state index < -0.39 is 0 Å². The van der Waals surface area contributed by atoms with Gasteiger partial charge in [0.15, 0.2) is 0 Å². The van der Waals surface area contributed by atoms with Crippen molar-refractivity contribution in [2.75, 3.05) is 33.8 Å². The number of nitrogens with zero attached hydrogens (tertiary/aromatic N) is 1. The fourth-order valence-corrected chi connectivity index (χ4v) is 0.792. The van der Waals surface area contributed by atoms with Gasteiger partial charge in [0.05, 0.1) is 6.61 Å². The van der Waals surface area contributed by atoms with Crippen molar-refractivity contribution in [2.45, 2.75) is 12.8 Å². The Hall–Kier alpha value is -0.610. The minimum absolute atomic E-state index is 0.154. The average molecular weight is 174 g/mol. The van der Waals surface area contributed by atoms with E-state index in [4.69, 9.17) is 5.11 Å². The molecule has 0 saturated carbocycles. The number of hydrogen-bond acceptors (Lipinski definition) is 3. The van der Waals surface area contributed by atoms with Crippen LogP contribution >= 0.6 is 0 Å². The molecule has 1 amide bonds. The van der Waals surface area contributed by atoms with E-state index in [-0.39, 0.29) is 12.5 Å². The second kappa shape index (κ2) is 7.06. The lowest BCUT2D eigenvalue weighted by Gasteiger charge is -2.09. The van der Waals surface area contributed by atoms with Crippen molar-refractivity contribution in [2.24, 2.45) is 0 Å². The number of carbonyl (C=O) groups is 1. The Bertz CT molecular complexity index is 126. The monoisotopic (exact) mass is 174 g/mol. The molecule has 0 aliphatic carbocycles. The second-order valence-electron chi connectivity index (χ2n) is 2.87. The lowest BCUT2D eigenvalue weighted by Crippen LogP contribution is -2.24. The maximum absolute atomic E-state index is 11.0. The third-order valence-electron chi connectivity index (χ3n) is 1.53. The quantitative estimate of drug-likeness (QED) is 0.531. The van der Waals surface area contributed by atoms with Gasteiger partial charge in [-0.25, -0.2) is 0 Å². The lowest BCUT2D eigenvalue weighted by molar-refractivity contribution is -0.128. The van der Waals surface area contributed by atoms with Crippen LogP contribution in [0.3, 0.4) is 0 Å². The zero-order chi connectivity index (χ0) is 9.40. The Balaban J connectivity index is 3.14. The summed E-state index contributed by atoms with van der Waals surface area (Å²) in [4.78, 5) is 12.6. The second-order valence-corrected chi connectivity index (χ2v) is 2.87. The first-order valence-corrected chi connectivity index (χ1v) is 4.20. The summed E-state index contributed by atoms with van der Waals surface area (Å²) in [6, 6.07) is 0. The molecule has 4 nitrogen and oxygen atoms in total. The third-order valence-corrected chi connectivity index (χ3v) is 1.53. The molecule has 0 aromatic rings. The van der Waals surface area contributed by atoms with Gasteiger partial charge < -0.3 is 15.3 Å². The van der Waals surface area contributed by atoms with Crippen molar-refractivity contribution >= 4 is 5.91 Å². The molecule has 0 unspecified atom stereocenters. The van der Waals surface area contributed by atoms with Crippen LogP contribution in [0.15, 0.2) is 0 Å². The molecule has 0 saturated heterocycles. The van der Waals surface area contributed by atoms with Crippen LogP contribution in [0.5, 0.6) is 0 Å². The van der Waals surface area contributed by atoms with Gasteiger partial charge in [-0.2, -0.15) is 0 Å². The highest BCUT2D eigenvalue weighted by Crippen LogP contribution is 1.91. The van der Waals surface area contributed by atoms with Gasteiger partial charge in [-0.3, -0.25) is 4.79 Å². The number of amides is 1. The predicted molar refractivity (Wildman–Crippen MR) is 47.9 cm³/mol. The van der Waals surface area contributed by atoms with E-state index in [1.54, 1.807) is 19.0 Å². The highest BCUT2D eigenvalue weighted by molar-refractivity contribution is 5.75. The summed E-state index contributed by atoms with van der Waals surface area (Å²) in [6.45, 7) is 1.55. The summed E-state index contributed by atoms with van der Waals surface area (Å²) in [5.74, 6) is 0.154. The molecule has 12 heavy (non-hydrogen) atoms. The Morgan fingerprint density at radius 1 is 1.42 bits per heavy atom. The molecule has 0 aliphatic rings. The van der Waals surface area contributed by atoms with Crippen molar-refractivity contribution in [1.29, 1.82) is 0 Å². The molecule has 0 radical (unpaired) electrons. The Kier molecular flexibility index (Phi) is 6.70. The molecule has 0 spiro atoms. The summed E-state index contributed by atoms with van der Waals surface area (Å²) in [6.07, 6.45) is 1.41. The lowest BCUT2D eigenvalue weighted by atomic mass is 10.3. The average Bonchev–Trinajstić information content (AvgIpc) is 2.03. The summed E-state index contributed by atoms with van der Waals surface area (Å²) in [7, 11) is 3.51. The van der Waals surface area contributed by atoms with E-state index in [0.29, 0.717) is 13.0 Å². The van der Waals surface area contributed by atoms with E-state index >= 15 is 0 Å². The standard InChI is InChI=1S/C8H18N2O2/c1-10(2)8(12)4-3-5-9-6-7-11/h9,11H,3-7H2,1-2H3. The van der Waals surface area contributed by atoms with Gasteiger partial charge >= 0.3 is 0 Å². The van der Waals surface area contributed by atoms with Crippen LogP contribution < -0.4 is 5.32 Å². The molecule has 0 bridgehead atoms. The summed E-state index contributed by atoms with van der Waals surface area (Å²) in [5.41, 5.74) is 0. The van der Waals surface area contributed by atoms with Crippen molar-refractivity contribution in [1.82, 2.24) is 10.2 Å². The van der Waals surface area contributed by atoms with Crippen molar-refractivity contribution in [3.8, 4) is 0 Å². The van der Waals surface area contributed by atoms with E-state index in [9.17, 15) is 4.79 Å². The van der Waals surface area contributed by atoms with Gasteiger partial charge in [0.1, 0.15) is 0 Å². The molecule has 4 heteroatoms. The van der Waals surface area contributed by atoms with Crippen LogP contribution in [0.4, 0.5) is 0 Å². The zero-order valence-corrected chi connectivity index (χ0v) is 7.84. The molecule has 0 atom stereocenters. The summed E-state index contributed by atoms with van der Waals surface area (Å²) in [5, 5.41) is 11.4. The maximum atomic E-state index is 11.0. The van der Waals surface area contributed by atoms with E-state index in [1.807, 2.05) is 0 Å². The Labute approximate surface area is 73.6 Å². The minimum atomic E-state index is 0.154. The summed E-state index contributed by atoms with van der Waals surface area (Å²) >= 11 is 0. The first-order chi connectivity index (χ1) is 5.68. The van der Waals surface area contributed by atoms with Crippen LogP contribution in [0, 0.1) is 0 Å². The van der Waals surface area contributed by atoms with Gasteiger partial charge in [-0.05, 0) is 13.0 Å². The fraction of sp³-hybridized carbons (Fsp3) is 0.875. The van der Waals surface area contributed by atoms with Gasteiger partial charge in [0.25, 0.3) is 0 Å². The van der Waals surface area contributed by atoms with Crippen molar-refractivity contribution in [3.05, 3.63) is 0 Å². The molecule has 0 fully saturated rings. The molecule has 0 aromatic heterocycles. The molecule has 0 rings (SSSR count). The molecule has 72 valence electrons. The van der Waals surface area contributed by atoms with E-state index in [0.717, 1.165) is 13.0 Å². The number of nitrogens with one attached hydrogen (secondary N) is 1. The maximum Gasteiger partial charge on any atom is 0.222 e. The number of hydrogen-bond donors (Lipinski definition) is 2. The number of aliphatic hydroxyl groups excluding tert-OH is 1. The normalized spacial score (nSPS) is 9.92. The van der Waals surface area contributed by atoms with Crippen LogP contribution in [-0.2, 0) is 4.79 Å². The SMILES string of the molecule is CN(C)C(=O)CCCNCCO. The van der Waals surface area contributed by atoms with Crippen LogP contribution in [0.25, 0.3) is 0 Å². The molecule has 0 aromatic carbocycles. The molecule has 0 heterocycles. The largest absolute Gasteiger partial charge is 0.395 e. The Morgan fingerprint density at radius 3 is 2.58 bits per heavy atom. The fourth-order valence-electron chi connectivity index (χ4n) is 0.792. The summed E-state index contributed by atoms with van der Waals surface area (Å²) < 4.78 is 0. The smallest absolute Gasteiger partial charge is 0.222 e. The molecule has 2 N–H and O–H groups in total. The first-order valence-electron chi connectivity index (χ1n) is 4.20. The van der Waals surface area contributed by atoms with E-state index in [2.05, 4.69) is 5.32 Å². The van der Waals surface area contributed by atoms with Crippen LogP contribution in [0.2, 0.25) is 0 Å². The minimum Gasteiger partial charge on any atom is -0.395 e. The Morgan fingerprint density at radius 2 is 2.08 bits per heavy atom. The van der Waals surface area contributed by atoms with Gasteiger partial charge in [-0.15, -0.1) is 0 Å². The van der Waals surface area contributed by atoms with Crippen LogP contribution in [0.1, 0.15) is 12.8 Å². The molecular formula is C8H18N2O2. The first kappa shape index (κ1) is 11.4. The number of carbonyl (C=O) groups excluding carboxylic acids is 1. The van der Waals surface area contributed by atoms with E-state index in [1.165, 1.54) is 0 Å². The highest BCUT2D eigenvalue weighted by atomic mass is 16.3. The number of rotatable bonds is 6. The van der Waals surface area contributed by atoms with Crippen LogP contribution in [-0.4, -0.2) is 49.7 Å². The topological polar surface area (TPSA) is 52.6 Å². The van der Waals surface area contributed by atoms with Gasteiger partial charge in [0.2, 0.25) is 5.91 Å². The van der Waals surface area contributed by atoms with Crippen molar-refractivity contribution < 1.29 is 9.90 Å². The predicted octanol–water partition coefficient (Wildman–Crippen LogP) is -0.563. The van der Waals surface area contributed by atoms with Gasteiger partial charge in [0, 0.05) is 27.1 Å². The molecular weight excluding hydrogens is 156 g/mol. The molecule has 0 aliphatic heterocycles. The highest BCUT2D eigenvalue weighted by Gasteiger charge is 2.01.